The lowest BCUT2D eigenvalue weighted by Crippen LogP contribution is -2.15. The second-order valence-electron chi connectivity index (χ2n) is 6.92. The molecule has 1 aromatic heterocycles. The number of anilines is 2. The molecule has 0 spiro atoms. The van der Waals surface area contributed by atoms with Crippen molar-refractivity contribution >= 4 is 35.0 Å². The normalized spacial score (nSPS) is 12.9. The van der Waals surface area contributed by atoms with Crippen LogP contribution in [0.15, 0.2) is 29.3 Å². The molecule has 0 saturated heterocycles. The van der Waals surface area contributed by atoms with Crippen molar-refractivity contribution < 1.29 is 9.59 Å². The molecule has 1 aromatic carbocycles. The minimum absolute atomic E-state index is 0.0534. The van der Waals surface area contributed by atoms with Crippen molar-refractivity contribution in [2.45, 2.75) is 38.6 Å². The third-order valence-electron chi connectivity index (χ3n) is 4.80. The summed E-state index contributed by atoms with van der Waals surface area (Å²) >= 11 is 1.26. The average Bonchev–Trinajstić information content (AvgIpc) is 3.51. The number of nitriles is 1. The summed E-state index contributed by atoms with van der Waals surface area (Å²) in [5.74, 6) is 0.181. The van der Waals surface area contributed by atoms with E-state index in [1.165, 1.54) is 11.8 Å². The first-order valence-electron chi connectivity index (χ1n) is 9.10. The predicted octanol–water partition coefficient (Wildman–Crippen LogP) is 3.96. The summed E-state index contributed by atoms with van der Waals surface area (Å²) in [6, 6.07) is 9.24. The van der Waals surface area contributed by atoms with E-state index in [2.05, 4.69) is 21.7 Å². The fraction of sp³-hybridized carbons (Fsp3) is 0.333. The molecule has 1 aliphatic carbocycles. The molecular weight excluding hydrogens is 372 g/mol. The Morgan fingerprint density at radius 1 is 1.11 bits per heavy atom. The molecule has 2 N–H and O–H groups in total. The second-order valence-corrected chi connectivity index (χ2v) is 7.88. The van der Waals surface area contributed by atoms with Crippen LogP contribution < -0.4 is 10.6 Å². The molecule has 0 bridgehead atoms. The van der Waals surface area contributed by atoms with Gasteiger partial charge < -0.3 is 10.6 Å². The van der Waals surface area contributed by atoms with Gasteiger partial charge in [0.2, 0.25) is 11.8 Å². The maximum absolute atomic E-state index is 12.3. The number of pyridine rings is 1. The van der Waals surface area contributed by atoms with Gasteiger partial charge in [0.1, 0.15) is 11.1 Å². The minimum Gasteiger partial charge on any atom is -0.326 e. The van der Waals surface area contributed by atoms with Crippen molar-refractivity contribution in [2.24, 2.45) is 5.92 Å². The summed E-state index contributed by atoms with van der Waals surface area (Å²) < 4.78 is 0. The second kappa shape index (κ2) is 8.44. The van der Waals surface area contributed by atoms with Crippen LogP contribution in [-0.2, 0) is 9.59 Å². The van der Waals surface area contributed by atoms with Gasteiger partial charge in [0.05, 0.1) is 11.3 Å². The van der Waals surface area contributed by atoms with Gasteiger partial charge in [0, 0.05) is 23.0 Å². The fourth-order valence-corrected chi connectivity index (χ4v) is 3.59. The van der Waals surface area contributed by atoms with Crippen molar-refractivity contribution in [1.82, 2.24) is 4.98 Å². The Balaban J connectivity index is 1.57. The van der Waals surface area contributed by atoms with Gasteiger partial charge in [-0.1, -0.05) is 11.8 Å². The number of aromatic nitrogens is 1. The van der Waals surface area contributed by atoms with Gasteiger partial charge in [0.25, 0.3) is 0 Å². The summed E-state index contributed by atoms with van der Waals surface area (Å²) in [5, 5.41) is 15.7. The molecule has 0 radical (unpaired) electrons. The fourth-order valence-electron chi connectivity index (χ4n) is 2.71. The Morgan fingerprint density at radius 2 is 1.71 bits per heavy atom. The molecule has 1 aliphatic rings. The molecule has 0 aliphatic heterocycles. The molecule has 28 heavy (non-hydrogen) atoms. The highest BCUT2D eigenvalue weighted by atomic mass is 32.2. The van der Waals surface area contributed by atoms with E-state index in [0.717, 1.165) is 35.3 Å². The topological polar surface area (TPSA) is 94.9 Å². The smallest absolute Gasteiger partial charge is 0.234 e. The molecule has 144 valence electrons. The Kier molecular flexibility index (Phi) is 6.00. The quantitative estimate of drug-likeness (QED) is 0.723. The number of rotatable bonds is 6. The first-order chi connectivity index (χ1) is 13.4. The molecule has 2 amide bonds. The molecule has 1 saturated carbocycles. The average molecular weight is 395 g/mol. The predicted molar refractivity (Wildman–Crippen MR) is 110 cm³/mol. The monoisotopic (exact) mass is 394 g/mol. The Morgan fingerprint density at radius 3 is 2.29 bits per heavy atom. The Labute approximate surface area is 168 Å². The van der Waals surface area contributed by atoms with Crippen LogP contribution in [-0.4, -0.2) is 22.6 Å². The highest BCUT2D eigenvalue weighted by Crippen LogP contribution is 2.30. The van der Waals surface area contributed by atoms with Gasteiger partial charge in [-0.15, -0.1) is 0 Å². The van der Waals surface area contributed by atoms with Gasteiger partial charge in [-0.3, -0.25) is 9.59 Å². The molecule has 1 heterocycles. The van der Waals surface area contributed by atoms with Gasteiger partial charge >= 0.3 is 0 Å². The lowest BCUT2D eigenvalue weighted by Gasteiger charge is -2.11. The van der Waals surface area contributed by atoms with Crippen LogP contribution >= 0.6 is 11.8 Å². The number of hydrogen-bond donors (Lipinski definition) is 2. The summed E-state index contributed by atoms with van der Waals surface area (Å²) in [7, 11) is 0. The van der Waals surface area contributed by atoms with Crippen LogP contribution in [0.25, 0.3) is 0 Å². The van der Waals surface area contributed by atoms with E-state index < -0.39 is 0 Å². The van der Waals surface area contributed by atoms with E-state index in [-0.39, 0.29) is 23.5 Å². The number of benzene rings is 1. The largest absolute Gasteiger partial charge is 0.326 e. The number of carbonyl (C=O) groups is 2. The number of aryl methyl sites for hydroxylation is 1. The molecule has 0 atom stereocenters. The SMILES string of the molecule is Cc1nc(SCC(=O)Nc2ccc(NC(=O)C3CC3)cc2)c(C#N)c(C)c1C. The van der Waals surface area contributed by atoms with Crippen LogP contribution in [0.1, 0.15) is 35.2 Å². The van der Waals surface area contributed by atoms with Crippen LogP contribution in [0.5, 0.6) is 0 Å². The number of thioether (sulfide) groups is 1. The van der Waals surface area contributed by atoms with E-state index in [9.17, 15) is 14.9 Å². The van der Waals surface area contributed by atoms with Crippen molar-refractivity contribution in [2.75, 3.05) is 16.4 Å². The number of amides is 2. The number of nitrogens with zero attached hydrogens (tertiary/aromatic N) is 2. The molecular formula is C21H22N4O2S. The number of nitrogens with one attached hydrogen (secondary N) is 2. The maximum atomic E-state index is 12.3. The van der Waals surface area contributed by atoms with E-state index in [4.69, 9.17) is 0 Å². The maximum Gasteiger partial charge on any atom is 0.234 e. The molecule has 2 aromatic rings. The van der Waals surface area contributed by atoms with E-state index >= 15 is 0 Å². The van der Waals surface area contributed by atoms with Gasteiger partial charge in [-0.25, -0.2) is 4.98 Å². The highest BCUT2D eigenvalue weighted by Gasteiger charge is 2.29. The standard InChI is InChI=1S/C21H22N4O2S/c1-12-13(2)18(10-22)21(23-14(12)3)28-11-19(26)24-16-6-8-17(9-7-16)25-20(27)15-4-5-15/h6-9,15H,4-5,11H2,1-3H3,(H,24,26)(H,25,27). The zero-order valence-corrected chi connectivity index (χ0v) is 16.9. The number of hydrogen-bond acceptors (Lipinski definition) is 5. The van der Waals surface area contributed by atoms with Crippen LogP contribution in [0, 0.1) is 38.0 Å². The first kappa shape index (κ1) is 19.9. The van der Waals surface area contributed by atoms with Crippen LogP contribution in [0.3, 0.4) is 0 Å². The third kappa shape index (κ3) is 4.70. The summed E-state index contributed by atoms with van der Waals surface area (Å²) in [4.78, 5) is 28.5. The molecule has 6 nitrogen and oxygen atoms in total. The molecule has 1 fully saturated rings. The summed E-state index contributed by atoms with van der Waals surface area (Å²) in [6.07, 6.45) is 1.92. The van der Waals surface area contributed by atoms with Crippen molar-refractivity contribution in [3.8, 4) is 6.07 Å². The Bertz CT molecular complexity index is 960. The first-order valence-corrected chi connectivity index (χ1v) is 10.1. The zero-order valence-electron chi connectivity index (χ0n) is 16.1. The summed E-state index contributed by atoms with van der Waals surface area (Å²) in [6.45, 7) is 5.74. The minimum atomic E-state index is -0.179. The van der Waals surface area contributed by atoms with E-state index in [1.54, 1.807) is 24.3 Å². The van der Waals surface area contributed by atoms with Gasteiger partial charge in [0.15, 0.2) is 0 Å². The summed E-state index contributed by atoms with van der Waals surface area (Å²) in [5.41, 5.74) is 4.67. The molecule has 3 rings (SSSR count). The van der Waals surface area contributed by atoms with Gasteiger partial charge in [-0.2, -0.15) is 5.26 Å². The number of carbonyl (C=O) groups excluding carboxylic acids is 2. The van der Waals surface area contributed by atoms with Crippen molar-refractivity contribution in [1.29, 1.82) is 5.26 Å². The van der Waals surface area contributed by atoms with E-state index in [1.807, 2.05) is 20.8 Å². The lowest BCUT2D eigenvalue weighted by atomic mass is 10.1. The highest BCUT2D eigenvalue weighted by molar-refractivity contribution is 8.00. The lowest BCUT2D eigenvalue weighted by molar-refractivity contribution is -0.117. The van der Waals surface area contributed by atoms with Crippen LogP contribution in [0.2, 0.25) is 0 Å². The molecule has 0 unspecified atom stereocenters. The zero-order chi connectivity index (χ0) is 20.3. The molecule has 7 heteroatoms. The van der Waals surface area contributed by atoms with Crippen molar-refractivity contribution in [3.63, 3.8) is 0 Å². The van der Waals surface area contributed by atoms with Crippen LogP contribution in [0.4, 0.5) is 11.4 Å². The van der Waals surface area contributed by atoms with Gasteiger partial charge in [-0.05, 0) is 69.0 Å². The Hall–Kier alpha value is -2.85. The third-order valence-corrected chi connectivity index (χ3v) is 5.77. The van der Waals surface area contributed by atoms with E-state index in [0.29, 0.717) is 16.3 Å². The van der Waals surface area contributed by atoms with Crippen molar-refractivity contribution in [3.05, 3.63) is 46.6 Å².